The van der Waals surface area contributed by atoms with E-state index in [2.05, 4.69) is 11.6 Å². The summed E-state index contributed by atoms with van der Waals surface area (Å²) in [6.07, 6.45) is 3.31. The van der Waals surface area contributed by atoms with Gasteiger partial charge in [-0.1, -0.05) is 36.9 Å². The predicted molar refractivity (Wildman–Crippen MR) is 116 cm³/mol. The fourth-order valence-electron chi connectivity index (χ4n) is 3.35. The summed E-state index contributed by atoms with van der Waals surface area (Å²) < 4.78 is 15.1. The van der Waals surface area contributed by atoms with E-state index in [4.69, 9.17) is 0 Å². The topological polar surface area (TPSA) is 52.0 Å². The maximum atomic E-state index is 13.2. The van der Waals surface area contributed by atoms with Crippen molar-refractivity contribution in [1.29, 1.82) is 0 Å². The highest BCUT2D eigenvalue weighted by Gasteiger charge is 2.18. The number of hydrogen-bond donors (Lipinski definition) is 0. The number of aryl methyl sites for hydroxylation is 1. The van der Waals surface area contributed by atoms with Crippen molar-refractivity contribution in [2.45, 2.75) is 13.5 Å². The normalized spacial score (nSPS) is 10.9. The van der Waals surface area contributed by atoms with Gasteiger partial charge in [0.05, 0.1) is 10.9 Å². The van der Waals surface area contributed by atoms with Gasteiger partial charge in [0.25, 0.3) is 0 Å². The number of carbonyl (C=O) groups excluding carboxylic acids is 1. The van der Waals surface area contributed by atoms with Crippen LogP contribution in [0.25, 0.3) is 17.1 Å². The van der Waals surface area contributed by atoms with Crippen molar-refractivity contribution >= 4 is 22.9 Å². The van der Waals surface area contributed by atoms with Crippen LogP contribution in [-0.4, -0.2) is 15.3 Å². The third-order valence-electron chi connectivity index (χ3n) is 4.98. The number of pyridine rings is 2. The van der Waals surface area contributed by atoms with Gasteiger partial charge in [-0.2, -0.15) is 0 Å². The summed E-state index contributed by atoms with van der Waals surface area (Å²) in [4.78, 5) is 30.6. The lowest BCUT2D eigenvalue weighted by atomic mass is 10.0. The van der Waals surface area contributed by atoms with E-state index in [1.807, 2.05) is 35.8 Å². The molecule has 4 rings (SSSR count). The maximum absolute atomic E-state index is 13.2. The highest BCUT2D eigenvalue weighted by atomic mass is 19.1. The lowest BCUT2D eigenvalue weighted by molar-refractivity contribution is 0.103. The zero-order valence-electron chi connectivity index (χ0n) is 16.4. The molecular weight excluding hydrogens is 379 g/mol. The molecule has 0 spiro atoms. The molecule has 0 N–H and O–H groups in total. The first-order chi connectivity index (χ1) is 14.5. The van der Waals surface area contributed by atoms with E-state index in [0.717, 1.165) is 16.8 Å². The molecule has 0 unspecified atom stereocenters. The van der Waals surface area contributed by atoms with Crippen LogP contribution in [0.5, 0.6) is 0 Å². The molecule has 0 aliphatic rings. The van der Waals surface area contributed by atoms with E-state index in [-0.39, 0.29) is 16.6 Å². The van der Waals surface area contributed by atoms with Crippen molar-refractivity contribution in [3.8, 4) is 0 Å². The first-order valence-electron chi connectivity index (χ1n) is 9.49. The van der Waals surface area contributed by atoms with Crippen LogP contribution in [0.15, 0.2) is 78.2 Å². The van der Waals surface area contributed by atoms with E-state index in [1.54, 1.807) is 24.4 Å². The molecule has 2 aromatic heterocycles. The highest BCUT2D eigenvalue weighted by molar-refractivity contribution is 6.10. The first kappa shape index (κ1) is 19.5. The van der Waals surface area contributed by atoms with E-state index in [1.165, 1.54) is 24.3 Å². The molecule has 0 radical (unpaired) electrons. The van der Waals surface area contributed by atoms with E-state index in [9.17, 15) is 14.0 Å². The molecule has 0 bridgehead atoms. The molecule has 0 aliphatic heterocycles. The molecule has 0 atom stereocenters. The van der Waals surface area contributed by atoms with Crippen molar-refractivity contribution in [2.24, 2.45) is 0 Å². The van der Waals surface area contributed by atoms with Crippen LogP contribution < -0.4 is 5.43 Å². The number of benzene rings is 2. The van der Waals surface area contributed by atoms with Gasteiger partial charge in [0.2, 0.25) is 5.43 Å². The summed E-state index contributed by atoms with van der Waals surface area (Å²) in [6, 6.07) is 16.5. The largest absolute Gasteiger partial charge is 0.327 e. The molecule has 0 aliphatic carbocycles. The summed E-state index contributed by atoms with van der Waals surface area (Å²) in [6.45, 7) is 6.05. The minimum Gasteiger partial charge on any atom is -0.327 e. The Kier molecular flexibility index (Phi) is 5.11. The second-order valence-electron chi connectivity index (χ2n) is 7.11. The van der Waals surface area contributed by atoms with Gasteiger partial charge in [0.1, 0.15) is 11.5 Å². The third kappa shape index (κ3) is 3.70. The van der Waals surface area contributed by atoms with Gasteiger partial charge in [-0.05, 0) is 54.4 Å². The molecule has 4 aromatic rings. The van der Waals surface area contributed by atoms with Crippen molar-refractivity contribution in [1.82, 2.24) is 9.55 Å². The summed E-state index contributed by atoms with van der Waals surface area (Å²) in [7, 11) is 0. The number of aromatic nitrogens is 2. The molecule has 30 heavy (non-hydrogen) atoms. The van der Waals surface area contributed by atoms with Gasteiger partial charge in [0.15, 0.2) is 5.78 Å². The Balaban J connectivity index is 1.87. The highest BCUT2D eigenvalue weighted by Crippen LogP contribution is 2.16. The molecular formula is C25H19FN2O2. The lowest BCUT2D eigenvalue weighted by Crippen LogP contribution is -2.21. The van der Waals surface area contributed by atoms with Gasteiger partial charge >= 0.3 is 0 Å². The summed E-state index contributed by atoms with van der Waals surface area (Å²) in [5, 5.41) is 0.372. The average molecular weight is 398 g/mol. The maximum Gasteiger partial charge on any atom is 0.202 e. The zero-order valence-corrected chi connectivity index (χ0v) is 16.4. The number of fused-ring (bicyclic) bond motifs is 1. The number of nitrogens with zero attached hydrogens (tertiary/aromatic N) is 2. The number of carbonyl (C=O) groups is 1. The molecule has 0 saturated carbocycles. The van der Waals surface area contributed by atoms with Crippen molar-refractivity contribution in [2.75, 3.05) is 0 Å². The minimum atomic E-state index is -0.446. The van der Waals surface area contributed by atoms with Crippen molar-refractivity contribution < 1.29 is 9.18 Å². The Bertz CT molecular complexity index is 1320. The van der Waals surface area contributed by atoms with Crippen LogP contribution in [0, 0.1) is 12.7 Å². The Morgan fingerprint density at radius 1 is 1.07 bits per heavy atom. The number of halogens is 1. The molecule has 4 nitrogen and oxygen atoms in total. The van der Waals surface area contributed by atoms with Crippen molar-refractivity contribution in [3.63, 3.8) is 0 Å². The van der Waals surface area contributed by atoms with Crippen LogP contribution in [0.3, 0.4) is 0 Å². The predicted octanol–water partition coefficient (Wildman–Crippen LogP) is 4.77. The molecule has 5 heteroatoms. The number of ketones is 1. The van der Waals surface area contributed by atoms with Gasteiger partial charge in [0, 0.05) is 24.0 Å². The molecule has 0 saturated heterocycles. The molecule has 0 amide bonds. The van der Waals surface area contributed by atoms with Crippen LogP contribution in [-0.2, 0) is 6.54 Å². The summed E-state index contributed by atoms with van der Waals surface area (Å²) in [5.74, 6) is -0.886. The van der Waals surface area contributed by atoms with Gasteiger partial charge < -0.3 is 4.57 Å². The van der Waals surface area contributed by atoms with Crippen LogP contribution in [0.1, 0.15) is 32.7 Å². The zero-order chi connectivity index (χ0) is 21.3. The third-order valence-corrected chi connectivity index (χ3v) is 4.98. The Morgan fingerprint density at radius 3 is 2.43 bits per heavy atom. The van der Waals surface area contributed by atoms with E-state index >= 15 is 0 Å². The Hall–Kier alpha value is -3.86. The molecule has 2 aromatic carbocycles. The van der Waals surface area contributed by atoms with Gasteiger partial charge in [-0.3, -0.25) is 9.59 Å². The quantitative estimate of drug-likeness (QED) is 0.455. The van der Waals surface area contributed by atoms with Gasteiger partial charge in [-0.25, -0.2) is 9.37 Å². The summed E-state index contributed by atoms with van der Waals surface area (Å²) >= 11 is 0. The minimum absolute atomic E-state index is 0.0301. The van der Waals surface area contributed by atoms with Crippen LogP contribution in [0.4, 0.5) is 4.39 Å². The Morgan fingerprint density at radius 2 is 1.77 bits per heavy atom. The van der Waals surface area contributed by atoms with Crippen LogP contribution in [0.2, 0.25) is 0 Å². The average Bonchev–Trinajstić information content (AvgIpc) is 2.76. The fraction of sp³-hybridized carbons (Fsp3) is 0.0800. The monoisotopic (exact) mass is 398 g/mol. The fourth-order valence-corrected chi connectivity index (χ4v) is 3.35. The second kappa shape index (κ2) is 7.87. The molecule has 148 valence electrons. The summed E-state index contributed by atoms with van der Waals surface area (Å²) in [5.41, 5.74) is 3.19. The lowest BCUT2D eigenvalue weighted by Gasteiger charge is -2.13. The SMILES string of the molecule is C=Cc1ccc(Cn2cc(C(=O)c3ccc(F)cc3)c(=O)c3ccc(C)nc32)cc1. The van der Waals surface area contributed by atoms with Crippen LogP contribution >= 0.6 is 0 Å². The second-order valence-corrected chi connectivity index (χ2v) is 7.11. The van der Waals surface area contributed by atoms with E-state index < -0.39 is 11.6 Å². The standard InChI is InChI=1S/C25H19FN2O2/c1-3-17-5-7-18(8-6-17)14-28-15-22(23(29)19-9-11-20(26)12-10-19)24(30)21-13-4-16(2)27-25(21)28/h3-13,15H,1,14H2,2H3. The Labute approximate surface area is 173 Å². The number of rotatable bonds is 5. The first-order valence-corrected chi connectivity index (χ1v) is 9.49. The molecule has 2 heterocycles. The number of hydrogen-bond acceptors (Lipinski definition) is 3. The smallest absolute Gasteiger partial charge is 0.202 e. The van der Waals surface area contributed by atoms with Crippen molar-refractivity contribution in [3.05, 3.63) is 117 Å². The van der Waals surface area contributed by atoms with Gasteiger partial charge in [-0.15, -0.1) is 0 Å². The molecule has 0 fully saturated rings. The van der Waals surface area contributed by atoms with E-state index in [0.29, 0.717) is 17.6 Å².